The van der Waals surface area contributed by atoms with Crippen LogP contribution in [0.5, 0.6) is 11.5 Å². The quantitative estimate of drug-likeness (QED) is 0.660. The molecule has 0 amide bonds. The molecular weight excluding hydrogens is 355 g/mol. The molecule has 0 atom stereocenters. The van der Waals surface area contributed by atoms with Crippen LogP contribution in [0.3, 0.4) is 0 Å². The molecule has 2 aromatic carbocycles. The number of phenolic OH excluding ortho intramolecular Hbond substituents is 1. The van der Waals surface area contributed by atoms with Crippen molar-refractivity contribution in [2.24, 2.45) is 0 Å². The molecule has 0 bridgehead atoms. The summed E-state index contributed by atoms with van der Waals surface area (Å²) in [5.41, 5.74) is 1.37. The van der Waals surface area contributed by atoms with Crippen molar-refractivity contribution in [1.82, 2.24) is 0 Å². The molecule has 0 unspecified atom stereocenters. The van der Waals surface area contributed by atoms with Crippen LogP contribution in [0.25, 0.3) is 0 Å². The predicted molar refractivity (Wildman–Crippen MR) is 81.6 cm³/mol. The Morgan fingerprint density at radius 1 is 1.26 bits per heavy atom. The standard InChI is InChI=1S/C15H13IO3/c1-10(17)12-7-13(16)15(8-14(12)18)19-9-11-5-3-2-4-6-11/h2-8,18H,9H2,1H3. The lowest BCUT2D eigenvalue weighted by Gasteiger charge is -2.10. The number of rotatable bonds is 4. The summed E-state index contributed by atoms with van der Waals surface area (Å²) in [6.07, 6.45) is 0. The van der Waals surface area contributed by atoms with Crippen LogP contribution in [0.4, 0.5) is 0 Å². The lowest BCUT2D eigenvalue weighted by Crippen LogP contribution is -1.99. The molecule has 0 aliphatic heterocycles. The molecule has 3 nitrogen and oxygen atoms in total. The number of ketones is 1. The molecular formula is C15H13IO3. The van der Waals surface area contributed by atoms with E-state index in [1.54, 1.807) is 6.07 Å². The van der Waals surface area contributed by atoms with Gasteiger partial charge in [0.05, 0.1) is 9.13 Å². The van der Waals surface area contributed by atoms with Crippen LogP contribution in [0, 0.1) is 3.57 Å². The van der Waals surface area contributed by atoms with Crippen LogP contribution in [0.15, 0.2) is 42.5 Å². The van der Waals surface area contributed by atoms with E-state index in [-0.39, 0.29) is 11.5 Å². The summed E-state index contributed by atoms with van der Waals surface area (Å²) >= 11 is 2.09. The maximum Gasteiger partial charge on any atom is 0.163 e. The summed E-state index contributed by atoms with van der Waals surface area (Å²) < 4.78 is 6.46. The Kier molecular flexibility index (Phi) is 4.42. The second-order valence-electron chi connectivity index (χ2n) is 4.13. The Hall–Kier alpha value is -1.56. The van der Waals surface area contributed by atoms with Crippen molar-refractivity contribution in [1.29, 1.82) is 0 Å². The molecule has 0 aromatic heterocycles. The van der Waals surface area contributed by atoms with Gasteiger partial charge < -0.3 is 9.84 Å². The predicted octanol–water partition coefficient (Wildman–Crippen LogP) is 3.78. The SMILES string of the molecule is CC(=O)c1cc(I)c(OCc2ccccc2)cc1O. The molecule has 4 heteroatoms. The van der Waals surface area contributed by atoms with E-state index in [9.17, 15) is 9.90 Å². The second-order valence-corrected chi connectivity index (χ2v) is 5.29. The number of benzene rings is 2. The fourth-order valence-corrected chi connectivity index (χ4v) is 2.29. The largest absolute Gasteiger partial charge is 0.507 e. The molecule has 0 radical (unpaired) electrons. The van der Waals surface area contributed by atoms with E-state index in [0.29, 0.717) is 17.9 Å². The van der Waals surface area contributed by atoms with Crippen molar-refractivity contribution in [2.45, 2.75) is 13.5 Å². The normalized spacial score (nSPS) is 10.2. The molecule has 0 aliphatic carbocycles. The van der Waals surface area contributed by atoms with E-state index in [4.69, 9.17) is 4.74 Å². The van der Waals surface area contributed by atoms with Gasteiger partial charge in [0.2, 0.25) is 0 Å². The number of ether oxygens (including phenoxy) is 1. The molecule has 0 spiro atoms. The maximum absolute atomic E-state index is 11.3. The minimum absolute atomic E-state index is 0.0454. The number of halogens is 1. The van der Waals surface area contributed by atoms with Crippen LogP contribution in [0.1, 0.15) is 22.8 Å². The Balaban J connectivity index is 2.17. The number of Topliss-reactive ketones (excluding diaryl/α,β-unsaturated/α-hetero) is 1. The zero-order valence-corrected chi connectivity index (χ0v) is 12.5. The van der Waals surface area contributed by atoms with Crippen molar-refractivity contribution in [3.63, 3.8) is 0 Å². The van der Waals surface area contributed by atoms with Gasteiger partial charge in [0.25, 0.3) is 0 Å². The maximum atomic E-state index is 11.3. The van der Waals surface area contributed by atoms with Crippen molar-refractivity contribution in [3.8, 4) is 11.5 Å². The van der Waals surface area contributed by atoms with Crippen LogP contribution in [-0.2, 0) is 6.61 Å². The third-order valence-electron chi connectivity index (χ3n) is 2.67. The average Bonchev–Trinajstić information content (AvgIpc) is 2.40. The molecule has 2 aromatic rings. The third-order valence-corrected chi connectivity index (χ3v) is 3.51. The second kappa shape index (κ2) is 6.06. The highest BCUT2D eigenvalue weighted by atomic mass is 127. The molecule has 2 rings (SSSR count). The first kappa shape index (κ1) is 13.9. The zero-order valence-electron chi connectivity index (χ0n) is 10.4. The van der Waals surface area contributed by atoms with Gasteiger partial charge >= 0.3 is 0 Å². The molecule has 0 saturated heterocycles. The number of hydrogen-bond acceptors (Lipinski definition) is 3. The summed E-state index contributed by atoms with van der Waals surface area (Å²) in [5.74, 6) is 0.368. The van der Waals surface area contributed by atoms with Gasteiger partial charge in [-0.3, -0.25) is 4.79 Å². The third kappa shape index (κ3) is 3.47. The summed E-state index contributed by atoms with van der Waals surface area (Å²) in [7, 11) is 0. The summed E-state index contributed by atoms with van der Waals surface area (Å²) in [5, 5.41) is 9.78. The number of phenols is 1. The molecule has 98 valence electrons. The first-order valence-electron chi connectivity index (χ1n) is 5.78. The van der Waals surface area contributed by atoms with Gasteiger partial charge in [0.1, 0.15) is 18.1 Å². The van der Waals surface area contributed by atoms with Crippen LogP contribution < -0.4 is 4.74 Å². The molecule has 0 fully saturated rings. The van der Waals surface area contributed by atoms with Gasteiger partial charge in [-0.2, -0.15) is 0 Å². The number of carbonyl (C=O) groups excluding carboxylic acids is 1. The number of aromatic hydroxyl groups is 1. The molecule has 1 N–H and O–H groups in total. The molecule has 0 heterocycles. The van der Waals surface area contributed by atoms with Crippen LogP contribution >= 0.6 is 22.6 Å². The van der Waals surface area contributed by atoms with Gasteiger partial charge in [0.15, 0.2) is 5.78 Å². The topological polar surface area (TPSA) is 46.5 Å². The Morgan fingerprint density at radius 3 is 2.58 bits per heavy atom. The van der Waals surface area contributed by atoms with Gasteiger partial charge in [-0.05, 0) is 41.1 Å². The van der Waals surface area contributed by atoms with Crippen molar-refractivity contribution >= 4 is 28.4 Å². The lowest BCUT2D eigenvalue weighted by molar-refractivity contribution is 0.101. The Morgan fingerprint density at radius 2 is 1.95 bits per heavy atom. The smallest absolute Gasteiger partial charge is 0.163 e. The van der Waals surface area contributed by atoms with Crippen LogP contribution in [0.2, 0.25) is 0 Å². The number of carbonyl (C=O) groups is 1. The summed E-state index contributed by atoms with van der Waals surface area (Å²) in [6.45, 7) is 1.85. The van der Waals surface area contributed by atoms with Crippen LogP contribution in [-0.4, -0.2) is 10.9 Å². The highest BCUT2D eigenvalue weighted by Crippen LogP contribution is 2.30. The van der Waals surface area contributed by atoms with Gasteiger partial charge in [-0.25, -0.2) is 0 Å². The highest BCUT2D eigenvalue weighted by Gasteiger charge is 2.12. The van der Waals surface area contributed by atoms with E-state index >= 15 is 0 Å². The van der Waals surface area contributed by atoms with Gasteiger partial charge in [-0.1, -0.05) is 30.3 Å². The lowest BCUT2D eigenvalue weighted by atomic mass is 10.1. The minimum atomic E-state index is -0.162. The Labute approximate surface area is 125 Å². The first-order valence-corrected chi connectivity index (χ1v) is 6.86. The fourth-order valence-electron chi connectivity index (χ4n) is 1.67. The summed E-state index contributed by atoms with van der Waals surface area (Å²) in [4.78, 5) is 11.3. The van der Waals surface area contributed by atoms with Crippen molar-refractivity contribution in [3.05, 3.63) is 57.2 Å². The van der Waals surface area contributed by atoms with Gasteiger partial charge in [-0.15, -0.1) is 0 Å². The zero-order chi connectivity index (χ0) is 13.8. The average molecular weight is 368 g/mol. The van der Waals surface area contributed by atoms with E-state index < -0.39 is 0 Å². The first-order chi connectivity index (χ1) is 9.08. The van der Waals surface area contributed by atoms with E-state index in [1.807, 2.05) is 30.3 Å². The van der Waals surface area contributed by atoms with Crippen molar-refractivity contribution in [2.75, 3.05) is 0 Å². The van der Waals surface area contributed by atoms with E-state index in [0.717, 1.165) is 9.13 Å². The molecule has 19 heavy (non-hydrogen) atoms. The minimum Gasteiger partial charge on any atom is -0.507 e. The number of hydrogen-bond donors (Lipinski definition) is 1. The highest BCUT2D eigenvalue weighted by molar-refractivity contribution is 14.1. The monoisotopic (exact) mass is 368 g/mol. The van der Waals surface area contributed by atoms with E-state index in [1.165, 1.54) is 13.0 Å². The van der Waals surface area contributed by atoms with Crippen molar-refractivity contribution < 1.29 is 14.6 Å². The van der Waals surface area contributed by atoms with E-state index in [2.05, 4.69) is 22.6 Å². The summed E-state index contributed by atoms with van der Waals surface area (Å²) in [6, 6.07) is 12.9. The van der Waals surface area contributed by atoms with Gasteiger partial charge in [0, 0.05) is 6.07 Å². The fraction of sp³-hybridized carbons (Fsp3) is 0.133. The molecule has 0 aliphatic rings. The molecule has 0 saturated carbocycles. The Bertz CT molecular complexity index is 594.